The monoisotopic (exact) mass is 246 g/mol. The van der Waals surface area contributed by atoms with E-state index in [1.54, 1.807) is 4.57 Å². The van der Waals surface area contributed by atoms with Crippen LogP contribution in [-0.4, -0.2) is 30.6 Å². The predicted molar refractivity (Wildman–Crippen MR) is 64.9 cm³/mol. The minimum absolute atomic E-state index is 0.00436. The average molecular weight is 246 g/mol. The standard InChI is InChI=1S/C12H14N4O2/c1-3-8-5-11(15-10(4-2)14-8)16-6-9(12(17)18)13-7-16/h5-7H,3-4H2,1-2H3,(H,17,18). The van der Waals surface area contributed by atoms with Gasteiger partial charge < -0.3 is 5.11 Å². The van der Waals surface area contributed by atoms with E-state index in [1.165, 1.54) is 12.5 Å². The Bertz CT molecular complexity index is 555. The van der Waals surface area contributed by atoms with Crippen LogP contribution in [0.4, 0.5) is 0 Å². The first-order valence-corrected chi connectivity index (χ1v) is 5.78. The summed E-state index contributed by atoms with van der Waals surface area (Å²) in [6.07, 6.45) is 4.44. The molecule has 2 heterocycles. The molecular weight excluding hydrogens is 232 g/mol. The summed E-state index contributed by atoms with van der Waals surface area (Å²) in [6, 6.07) is 1.84. The smallest absolute Gasteiger partial charge is 0.356 e. The highest BCUT2D eigenvalue weighted by molar-refractivity contribution is 5.85. The van der Waals surface area contributed by atoms with E-state index in [4.69, 9.17) is 5.11 Å². The Kier molecular flexibility index (Phi) is 3.36. The first kappa shape index (κ1) is 12.2. The number of rotatable bonds is 4. The highest BCUT2D eigenvalue weighted by atomic mass is 16.4. The highest BCUT2D eigenvalue weighted by Gasteiger charge is 2.09. The van der Waals surface area contributed by atoms with Gasteiger partial charge in [-0.2, -0.15) is 0 Å². The molecule has 94 valence electrons. The van der Waals surface area contributed by atoms with Gasteiger partial charge in [0.1, 0.15) is 18.0 Å². The number of aromatic nitrogens is 4. The summed E-state index contributed by atoms with van der Waals surface area (Å²) in [7, 11) is 0. The van der Waals surface area contributed by atoms with Crippen molar-refractivity contribution in [2.75, 3.05) is 0 Å². The lowest BCUT2D eigenvalue weighted by molar-refractivity contribution is 0.0691. The van der Waals surface area contributed by atoms with E-state index in [1.807, 2.05) is 19.9 Å². The lowest BCUT2D eigenvalue weighted by Crippen LogP contribution is -2.04. The van der Waals surface area contributed by atoms with Gasteiger partial charge in [-0.15, -0.1) is 0 Å². The second-order valence-corrected chi connectivity index (χ2v) is 3.81. The number of aryl methyl sites for hydroxylation is 2. The van der Waals surface area contributed by atoms with E-state index in [0.29, 0.717) is 5.82 Å². The molecule has 0 fully saturated rings. The van der Waals surface area contributed by atoms with Gasteiger partial charge in [-0.05, 0) is 6.42 Å². The molecule has 6 heteroatoms. The molecule has 2 aromatic heterocycles. The second kappa shape index (κ2) is 4.95. The maximum Gasteiger partial charge on any atom is 0.356 e. The molecule has 0 saturated carbocycles. The van der Waals surface area contributed by atoms with Crippen LogP contribution in [0.25, 0.3) is 5.82 Å². The molecule has 0 aliphatic heterocycles. The van der Waals surface area contributed by atoms with Crippen molar-refractivity contribution in [2.24, 2.45) is 0 Å². The maximum absolute atomic E-state index is 10.8. The molecule has 6 nitrogen and oxygen atoms in total. The van der Waals surface area contributed by atoms with Crippen LogP contribution < -0.4 is 0 Å². The third kappa shape index (κ3) is 2.37. The molecule has 0 amide bonds. The van der Waals surface area contributed by atoms with Gasteiger partial charge in [0, 0.05) is 24.4 Å². The third-order valence-corrected chi connectivity index (χ3v) is 2.56. The quantitative estimate of drug-likeness (QED) is 0.883. The van der Waals surface area contributed by atoms with Crippen molar-refractivity contribution >= 4 is 5.97 Å². The zero-order valence-electron chi connectivity index (χ0n) is 10.3. The third-order valence-electron chi connectivity index (χ3n) is 2.56. The number of carboxylic acids is 1. The number of carbonyl (C=O) groups is 1. The Balaban J connectivity index is 2.45. The van der Waals surface area contributed by atoms with Crippen LogP contribution in [-0.2, 0) is 12.8 Å². The fourth-order valence-corrected chi connectivity index (χ4v) is 1.57. The summed E-state index contributed by atoms with van der Waals surface area (Å²) < 4.78 is 1.60. The molecule has 2 aromatic rings. The van der Waals surface area contributed by atoms with Crippen molar-refractivity contribution in [3.63, 3.8) is 0 Å². The van der Waals surface area contributed by atoms with E-state index in [2.05, 4.69) is 15.0 Å². The average Bonchev–Trinajstić information content (AvgIpc) is 2.87. The van der Waals surface area contributed by atoms with Crippen molar-refractivity contribution in [3.05, 3.63) is 35.8 Å². The van der Waals surface area contributed by atoms with Crippen molar-refractivity contribution in [2.45, 2.75) is 26.7 Å². The lowest BCUT2D eigenvalue weighted by Gasteiger charge is -2.05. The summed E-state index contributed by atoms with van der Waals surface area (Å²) in [5, 5.41) is 8.84. The van der Waals surface area contributed by atoms with Crippen LogP contribution in [0.2, 0.25) is 0 Å². The topological polar surface area (TPSA) is 80.9 Å². The van der Waals surface area contributed by atoms with Crippen LogP contribution in [0, 0.1) is 0 Å². The molecule has 0 unspecified atom stereocenters. The number of nitrogens with zero attached hydrogens (tertiary/aromatic N) is 4. The molecule has 0 saturated heterocycles. The zero-order chi connectivity index (χ0) is 13.1. The van der Waals surface area contributed by atoms with Crippen LogP contribution in [0.5, 0.6) is 0 Å². The van der Waals surface area contributed by atoms with Gasteiger partial charge in [-0.1, -0.05) is 13.8 Å². The summed E-state index contributed by atoms with van der Waals surface area (Å²) in [5.74, 6) is 0.350. The van der Waals surface area contributed by atoms with E-state index < -0.39 is 5.97 Å². The molecule has 2 rings (SSSR count). The van der Waals surface area contributed by atoms with Gasteiger partial charge >= 0.3 is 5.97 Å². The van der Waals surface area contributed by atoms with Crippen molar-refractivity contribution in [3.8, 4) is 5.82 Å². The molecule has 0 aliphatic rings. The predicted octanol–water partition coefficient (Wildman–Crippen LogP) is 1.49. The van der Waals surface area contributed by atoms with Crippen LogP contribution in [0.15, 0.2) is 18.6 Å². The maximum atomic E-state index is 10.8. The Morgan fingerprint density at radius 1 is 1.33 bits per heavy atom. The molecule has 1 N–H and O–H groups in total. The first-order chi connectivity index (χ1) is 8.63. The number of hydrogen-bond acceptors (Lipinski definition) is 4. The molecule has 0 aromatic carbocycles. The molecule has 18 heavy (non-hydrogen) atoms. The van der Waals surface area contributed by atoms with Gasteiger partial charge in [-0.3, -0.25) is 4.57 Å². The van der Waals surface area contributed by atoms with E-state index in [0.717, 1.165) is 24.4 Å². The fourth-order valence-electron chi connectivity index (χ4n) is 1.57. The van der Waals surface area contributed by atoms with E-state index >= 15 is 0 Å². The van der Waals surface area contributed by atoms with Gasteiger partial charge in [0.15, 0.2) is 5.69 Å². The Morgan fingerprint density at radius 2 is 2.11 bits per heavy atom. The lowest BCUT2D eigenvalue weighted by atomic mass is 10.3. The SMILES string of the molecule is CCc1cc(-n2cnc(C(=O)O)c2)nc(CC)n1. The Morgan fingerprint density at radius 3 is 2.67 bits per heavy atom. The highest BCUT2D eigenvalue weighted by Crippen LogP contribution is 2.09. The molecular formula is C12H14N4O2. The van der Waals surface area contributed by atoms with Crippen LogP contribution in [0.1, 0.15) is 35.9 Å². The van der Waals surface area contributed by atoms with Crippen molar-refractivity contribution < 1.29 is 9.90 Å². The van der Waals surface area contributed by atoms with Gasteiger partial charge in [-0.25, -0.2) is 19.7 Å². The van der Waals surface area contributed by atoms with E-state index in [9.17, 15) is 4.79 Å². The normalized spacial score (nSPS) is 10.6. The van der Waals surface area contributed by atoms with Gasteiger partial charge in [0.05, 0.1) is 0 Å². The van der Waals surface area contributed by atoms with E-state index in [-0.39, 0.29) is 5.69 Å². The van der Waals surface area contributed by atoms with Crippen molar-refractivity contribution in [1.82, 2.24) is 19.5 Å². The van der Waals surface area contributed by atoms with Gasteiger partial charge in [0.2, 0.25) is 0 Å². The number of aromatic carboxylic acids is 1. The Hall–Kier alpha value is -2.24. The fraction of sp³-hybridized carbons (Fsp3) is 0.333. The molecule has 0 bridgehead atoms. The molecule has 0 radical (unpaired) electrons. The summed E-state index contributed by atoms with van der Waals surface area (Å²) in [4.78, 5) is 23.3. The Labute approximate surface area is 104 Å². The summed E-state index contributed by atoms with van der Waals surface area (Å²) in [5.41, 5.74) is 0.937. The van der Waals surface area contributed by atoms with Crippen LogP contribution >= 0.6 is 0 Å². The number of carboxylic acid groups (broad SMARTS) is 1. The summed E-state index contributed by atoms with van der Waals surface area (Å²) >= 11 is 0. The minimum Gasteiger partial charge on any atom is -0.476 e. The minimum atomic E-state index is -1.05. The summed E-state index contributed by atoms with van der Waals surface area (Å²) in [6.45, 7) is 4.00. The van der Waals surface area contributed by atoms with Gasteiger partial charge in [0.25, 0.3) is 0 Å². The van der Waals surface area contributed by atoms with Crippen molar-refractivity contribution in [1.29, 1.82) is 0 Å². The second-order valence-electron chi connectivity index (χ2n) is 3.81. The van der Waals surface area contributed by atoms with Crippen LogP contribution in [0.3, 0.4) is 0 Å². The largest absolute Gasteiger partial charge is 0.476 e. The number of imidazole rings is 1. The zero-order valence-corrected chi connectivity index (χ0v) is 10.3. The molecule has 0 spiro atoms. The molecule has 0 aliphatic carbocycles. The molecule has 0 atom stereocenters. The first-order valence-electron chi connectivity index (χ1n) is 5.78. The number of hydrogen-bond donors (Lipinski definition) is 1.